The van der Waals surface area contributed by atoms with Crippen molar-refractivity contribution in [1.82, 2.24) is 0 Å². The maximum Gasteiger partial charge on any atom is 0.414 e. The number of anilines is 2. The first-order chi connectivity index (χ1) is 11.2. The predicted octanol–water partition coefficient (Wildman–Crippen LogP) is 2.90. The lowest BCUT2D eigenvalue weighted by atomic mass is 10.1. The van der Waals surface area contributed by atoms with Crippen LogP contribution in [0.2, 0.25) is 0 Å². The van der Waals surface area contributed by atoms with E-state index in [4.69, 9.17) is 9.47 Å². The number of benzene rings is 2. The second-order valence-electron chi connectivity index (χ2n) is 4.97. The second kappa shape index (κ2) is 6.39. The fourth-order valence-corrected chi connectivity index (χ4v) is 2.41. The van der Waals surface area contributed by atoms with E-state index in [0.717, 1.165) is 0 Å². The molecular weight excluding hydrogens is 296 g/mol. The minimum atomic E-state index is -0.377. The molecule has 2 aromatic carbocycles. The average Bonchev–Trinajstić information content (AvgIpc) is 3.01. The molecule has 0 atom stereocenters. The van der Waals surface area contributed by atoms with Gasteiger partial charge in [-0.2, -0.15) is 0 Å². The van der Waals surface area contributed by atoms with Gasteiger partial charge in [-0.25, -0.2) is 4.79 Å². The fourth-order valence-electron chi connectivity index (χ4n) is 2.41. The molecule has 1 fully saturated rings. The van der Waals surface area contributed by atoms with Gasteiger partial charge in [0.15, 0.2) is 0 Å². The van der Waals surface area contributed by atoms with Crippen molar-refractivity contribution in [2.24, 2.45) is 0 Å². The number of methoxy groups -OCH3 is 1. The maximum atomic E-state index is 12.4. The number of hydrogen-bond donors (Lipinski definition) is 1. The highest BCUT2D eigenvalue weighted by molar-refractivity contribution is 6.06. The average molecular weight is 312 g/mol. The molecule has 0 aromatic heterocycles. The van der Waals surface area contributed by atoms with Gasteiger partial charge in [0, 0.05) is 11.4 Å². The van der Waals surface area contributed by atoms with Gasteiger partial charge in [0.1, 0.15) is 12.4 Å². The zero-order valence-electron chi connectivity index (χ0n) is 12.6. The molecule has 2 amide bonds. The van der Waals surface area contributed by atoms with Crippen molar-refractivity contribution in [2.45, 2.75) is 0 Å². The summed E-state index contributed by atoms with van der Waals surface area (Å²) < 4.78 is 10.1. The Morgan fingerprint density at radius 1 is 1.22 bits per heavy atom. The van der Waals surface area contributed by atoms with Crippen LogP contribution >= 0.6 is 0 Å². The van der Waals surface area contributed by atoms with Crippen molar-refractivity contribution in [3.8, 4) is 5.75 Å². The molecule has 0 radical (unpaired) electrons. The van der Waals surface area contributed by atoms with Gasteiger partial charge in [0.05, 0.1) is 19.2 Å². The Morgan fingerprint density at radius 2 is 2.04 bits per heavy atom. The third-order valence-electron chi connectivity index (χ3n) is 3.53. The molecule has 0 saturated carbocycles. The molecule has 0 unspecified atom stereocenters. The Morgan fingerprint density at radius 3 is 2.78 bits per heavy atom. The summed E-state index contributed by atoms with van der Waals surface area (Å²) in [5, 5.41) is 2.81. The molecule has 6 heteroatoms. The topological polar surface area (TPSA) is 67.9 Å². The lowest BCUT2D eigenvalue weighted by Crippen LogP contribution is -2.23. The van der Waals surface area contributed by atoms with Crippen LogP contribution in [-0.4, -0.2) is 32.3 Å². The van der Waals surface area contributed by atoms with E-state index in [-0.39, 0.29) is 12.0 Å². The highest BCUT2D eigenvalue weighted by atomic mass is 16.6. The van der Waals surface area contributed by atoms with Crippen LogP contribution in [0.1, 0.15) is 10.4 Å². The number of rotatable bonds is 4. The summed E-state index contributed by atoms with van der Waals surface area (Å²) in [5.41, 5.74) is 1.73. The van der Waals surface area contributed by atoms with Crippen LogP contribution in [-0.2, 0) is 4.74 Å². The molecular formula is C17H16N2O4. The summed E-state index contributed by atoms with van der Waals surface area (Å²) in [5.74, 6) is 0.230. The Kier molecular flexibility index (Phi) is 4.14. The largest absolute Gasteiger partial charge is 0.496 e. The molecule has 0 spiro atoms. The third kappa shape index (κ3) is 3.11. The van der Waals surface area contributed by atoms with E-state index in [9.17, 15) is 9.59 Å². The Labute approximate surface area is 133 Å². The molecule has 0 aliphatic carbocycles. The van der Waals surface area contributed by atoms with E-state index >= 15 is 0 Å². The van der Waals surface area contributed by atoms with Crippen molar-refractivity contribution in [1.29, 1.82) is 0 Å². The number of hydrogen-bond acceptors (Lipinski definition) is 4. The van der Waals surface area contributed by atoms with Crippen LogP contribution in [0.5, 0.6) is 5.75 Å². The van der Waals surface area contributed by atoms with Gasteiger partial charge in [0.2, 0.25) is 0 Å². The quantitative estimate of drug-likeness (QED) is 0.942. The van der Waals surface area contributed by atoms with E-state index in [2.05, 4.69) is 5.32 Å². The van der Waals surface area contributed by atoms with Crippen LogP contribution in [0.15, 0.2) is 48.5 Å². The molecule has 6 nitrogen and oxygen atoms in total. The van der Waals surface area contributed by atoms with E-state index in [0.29, 0.717) is 35.8 Å². The van der Waals surface area contributed by atoms with Crippen LogP contribution in [0.25, 0.3) is 0 Å². The molecule has 118 valence electrons. The van der Waals surface area contributed by atoms with E-state index < -0.39 is 0 Å². The zero-order chi connectivity index (χ0) is 16.2. The number of ether oxygens (including phenoxy) is 2. The Bertz CT molecular complexity index is 745. The van der Waals surface area contributed by atoms with E-state index in [1.54, 1.807) is 48.5 Å². The first-order valence-corrected chi connectivity index (χ1v) is 7.18. The van der Waals surface area contributed by atoms with Gasteiger partial charge >= 0.3 is 6.09 Å². The van der Waals surface area contributed by atoms with Crippen molar-refractivity contribution >= 4 is 23.4 Å². The maximum absolute atomic E-state index is 12.4. The number of amides is 2. The molecule has 0 bridgehead atoms. The monoisotopic (exact) mass is 312 g/mol. The van der Waals surface area contributed by atoms with Gasteiger partial charge in [-0.1, -0.05) is 18.2 Å². The lowest BCUT2D eigenvalue weighted by molar-refractivity contribution is 0.102. The smallest absolute Gasteiger partial charge is 0.414 e. The van der Waals surface area contributed by atoms with Gasteiger partial charge in [-0.3, -0.25) is 9.69 Å². The first-order valence-electron chi connectivity index (χ1n) is 7.18. The summed E-state index contributed by atoms with van der Waals surface area (Å²) in [7, 11) is 1.52. The lowest BCUT2D eigenvalue weighted by Gasteiger charge is -2.14. The minimum Gasteiger partial charge on any atom is -0.496 e. The Balaban J connectivity index is 1.80. The third-order valence-corrected chi connectivity index (χ3v) is 3.53. The first kappa shape index (κ1) is 14.9. The normalized spacial score (nSPS) is 13.6. The predicted molar refractivity (Wildman–Crippen MR) is 86.1 cm³/mol. The number of cyclic esters (lactones) is 1. The summed E-state index contributed by atoms with van der Waals surface area (Å²) in [6.45, 7) is 0.874. The van der Waals surface area contributed by atoms with Crippen LogP contribution in [0.3, 0.4) is 0 Å². The minimum absolute atomic E-state index is 0.274. The summed E-state index contributed by atoms with van der Waals surface area (Å²) in [6.07, 6.45) is -0.377. The number of para-hydroxylation sites is 1. The summed E-state index contributed by atoms with van der Waals surface area (Å²) in [4.78, 5) is 25.5. The van der Waals surface area contributed by atoms with Gasteiger partial charge in [-0.05, 0) is 30.3 Å². The molecule has 23 heavy (non-hydrogen) atoms. The number of carbonyl (C=O) groups is 2. The number of nitrogens with zero attached hydrogens (tertiary/aromatic N) is 1. The molecule has 1 saturated heterocycles. The van der Waals surface area contributed by atoms with Crippen molar-refractivity contribution < 1.29 is 19.1 Å². The molecule has 1 N–H and O–H groups in total. The second-order valence-corrected chi connectivity index (χ2v) is 4.97. The van der Waals surface area contributed by atoms with Crippen LogP contribution < -0.4 is 15.0 Å². The van der Waals surface area contributed by atoms with E-state index in [1.165, 1.54) is 12.0 Å². The van der Waals surface area contributed by atoms with Crippen molar-refractivity contribution in [3.05, 3.63) is 54.1 Å². The molecule has 1 aliphatic rings. The molecule has 2 aromatic rings. The fraction of sp³-hybridized carbons (Fsp3) is 0.176. The zero-order valence-corrected chi connectivity index (χ0v) is 12.6. The number of carbonyl (C=O) groups excluding carboxylic acids is 2. The molecule has 1 aliphatic heterocycles. The van der Waals surface area contributed by atoms with Gasteiger partial charge in [0.25, 0.3) is 5.91 Å². The number of nitrogens with one attached hydrogen (secondary N) is 1. The SMILES string of the molecule is COc1ccccc1C(=O)Nc1cccc(N2CCOC2=O)c1. The molecule has 1 heterocycles. The highest BCUT2D eigenvalue weighted by Gasteiger charge is 2.23. The van der Waals surface area contributed by atoms with E-state index in [1.807, 2.05) is 0 Å². The summed E-state index contributed by atoms with van der Waals surface area (Å²) in [6, 6.07) is 14.1. The molecule has 3 rings (SSSR count). The highest BCUT2D eigenvalue weighted by Crippen LogP contribution is 2.24. The summed E-state index contributed by atoms with van der Waals surface area (Å²) >= 11 is 0. The van der Waals surface area contributed by atoms with Crippen LogP contribution in [0, 0.1) is 0 Å². The Hall–Kier alpha value is -3.02. The van der Waals surface area contributed by atoms with Crippen molar-refractivity contribution in [3.63, 3.8) is 0 Å². The van der Waals surface area contributed by atoms with Crippen LogP contribution in [0.4, 0.5) is 16.2 Å². The standard InChI is InChI=1S/C17H16N2O4/c1-22-15-8-3-2-7-14(15)16(20)18-12-5-4-6-13(11-12)19-9-10-23-17(19)21/h2-8,11H,9-10H2,1H3,(H,18,20). The van der Waals surface area contributed by atoms with Gasteiger partial charge in [-0.15, -0.1) is 0 Å². The van der Waals surface area contributed by atoms with Crippen molar-refractivity contribution in [2.75, 3.05) is 30.5 Å². The van der Waals surface area contributed by atoms with Gasteiger partial charge < -0.3 is 14.8 Å².